The number of likely N-dealkylation sites (N-methyl/N-ethyl adjacent to an activating group) is 1. The second kappa shape index (κ2) is 11.0. The highest BCUT2D eigenvalue weighted by Gasteiger charge is 2.76. The number of nitrogens with zero attached hydrogens (tertiary/aromatic N) is 3. The molecule has 0 aliphatic carbocycles. The minimum atomic E-state index is -0.649. The smallest absolute Gasteiger partial charge is 0.247 e. The molecule has 3 amide bonds. The van der Waals surface area contributed by atoms with E-state index >= 15 is 0 Å². The van der Waals surface area contributed by atoms with Crippen LogP contribution in [0.25, 0.3) is 0 Å². The van der Waals surface area contributed by atoms with Crippen molar-refractivity contribution in [3.63, 3.8) is 0 Å². The van der Waals surface area contributed by atoms with Crippen LogP contribution in [0.5, 0.6) is 0 Å². The van der Waals surface area contributed by atoms with Crippen molar-refractivity contribution in [3.8, 4) is 0 Å². The molecule has 2 bridgehead atoms. The Morgan fingerprint density at radius 1 is 1.20 bits per heavy atom. The van der Waals surface area contributed by atoms with E-state index < -0.39 is 28.2 Å². The summed E-state index contributed by atoms with van der Waals surface area (Å²) in [4.78, 5) is 47.2. The van der Waals surface area contributed by atoms with Crippen molar-refractivity contribution >= 4 is 45.4 Å². The van der Waals surface area contributed by atoms with Crippen LogP contribution in [-0.4, -0.2) is 97.2 Å². The van der Waals surface area contributed by atoms with E-state index in [4.69, 9.17) is 0 Å². The molecule has 0 aromatic rings. The maximum Gasteiger partial charge on any atom is 0.247 e. The lowest BCUT2D eigenvalue weighted by Crippen LogP contribution is -2.59. The molecule has 7 nitrogen and oxygen atoms in total. The zero-order valence-electron chi connectivity index (χ0n) is 21.4. The molecule has 3 aliphatic rings. The van der Waals surface area contributed by atoms with E-state index in [9.17, 15) is 19.5 Å². The van der Waals surface area contributed by atoms with Gasteiger partial charge in [-0.1, -0.05) is 28.1 Å². The summed E-state index contributed by atoms with van der Waals surface area (Å²) in [6, 6.07) is -0.633. The van der Waals surface area contributed by atoms with E-state index in [1.807, 2.05) is 25.7 Å². The van der Waals surface area contributed by atoms with Gasteiger partial charge in [0.15, 0.2) is 0 Å². The van der Waals surface area contributed by atoms with Gasteiger partial charge in [-0.05, 0) is 46.5 Å². The van der Waals surface area contributed by atoms with Crippen LogP contribution in [0.4, 0.5) is 0 Å². The molecule has 35 heavy (non-hydrogen) atoms. The predicted molar refractivity (Wildman–Crippen MR) is 144 cm³/mol. The Bertz CT molecular complexity index is 862. The number of hydrogen-bond donors (Lipinski definition) is 1. The summed E-state index contributed by atoms with van der Waals surface area (Å²) in [7, 11) is 1.75. The first kappa shape index (κ1) is 28.3. The largest absolute Gasteiger partial charge is 0.396 e. The number of thioether (sulfide) groups is 1. The fourth-order valence-electron chi connectivity index (χ4n) is 6.01. The highest BCUT2D eigenvalue weighted by molar-refractivity contribution is 9.09. The zero-order chi connectivity index (χ0) is 26.1. The fraction of sp³-hybridized carbons (Fsp3) is 0.731. The molecule has 3 unspecified atom stereocenters. The first-order chi connectivity index (χ1) is 16.5. The van der Waals surface area contributed by atoms with Crippen molar-refractivity contribution in [2.45, 2.75) is 72.9 Å². The number of fused-ring (bicyclic) bond motifs is 1. The third kappa shape index (κ3) is 4.97. The summed E-state index contributed by atoms with van der Waals surface area (Å²) < 4.78 is -0.649. The molecule has 1 spiro atoms. The molecule has 0 aromatic carbocycles. The zero-order valence-corrected chi connectivity index (χ0v) is 23.8. The molecular weight excluding hydrogens is 530 g/mol. The number of alkyl halides is 1. The van der Waals surface area contributed by atoms with E-state index in [1.165, 1.54) is 0 Å². The fourth-order valence-corrected chi connectivity index (χ4v) is 9.61. The first-order valence-corrected chi connectivity index (χ1v) is 14.3. The van der Waals surface area contributed by atoms with Gasteiger partial charge in [0.1, 0.15) is 6.04 Å². The number of rotatable bonds is 11. The third-order valence-corrected chi connectivity index (χ3v) is 10.8. The van der Waals surface area contributed by atoms with Crippen LogP contribution in [0.2, 0.25) is 0 Å². The minimum Gasteiger partial charge on any atom is -0.396 e. The Morgan fingerprint density at radius 3 is 2.43 bits per heavy atom. The second-order valence-electron chi connectivity index (χ2n) is 10.9. The molecule has 3 aliphatic heterocycles. The molecule has 3 heterocycles. The number of halogens is 1. The van der Waals surface area contributed by atoms with Crippen LogP contribution in [0.3, 0.4) is 0 Å². The number of aliphatic hydroxyl groups is 1. The highest BCUT2D eigenvalue weighted by atomic mass is 79.9. The number of aliphatic hydroxyl groups excluding tert-OH is 1. The van der Waals surface area contributed by atoms with Gasteiger partial charge in [-0.3, -0.25) is 14.4 Å². The quantitative estimate of drug-likeness (QED) is 0.235. The van der Waals surface area contributed by atoms with Gasteiger partial charge < -0.3 is 19.8 Å². The van der Waals surface area contributed by atoms with E-state index in [-0.39, 0.29) is 34.4 Å². The summed E-state index contributed by atoms with van der Waals surface area (Å²) in [6.07, 6.45) is 6.22. The Balaban J connectivity index is 2.05. The molecule has 9 heteroatoms. The van der Waals surface area contributed by atoms with Gasteiger partial charge in [0.25, 0.3) is 0 Å². The van der Waals surface area contributed by atoms with Gasteiger partial charge in [0.05, 0.1) is 16.6 Å². The van der Waals surface area contributed by atoms with Gasteiger partial charge >= 0.3 is 0 Å². The van der Waals surface area contributed by atoms with Crippen molar-refractivity contribution in [2.24, 2.45) is 11.8 Å². The molecular formula is C26H40BrN3O4S. The van der Waals surface area contributed by atoms with Crippen molar-refractivity contribution < 1.29 is 19.5 Å². The SMILES string of the molecule is C=CCN(C)C(=O)[C@H]1[C@@H]2SC3(CC2Br)C(C(=O)N(CC=C)C(C)(C)C)N(CCCCCO)C(=O)[C@H]13. The van der Waals surface area contributed by atoms with E-state index in [0.717, 1.165) is 6.42 Å². The average Bonchev–Trinajstić information content (AvgIpc) is 3.37. The van der Waals surface area contributed by atoms with Crippen LogP contribution < -0.4 is 0 Å². The number of unbranched alkanes of at least 4 members (excludes halogenated alkanes) is 2. The highest BCUT2D eigenvalue weighted by Crippen LogP contribution is 2.68. The van der Waals surface area contributed by atoms with Gasteiger partial charge in [-0.25, -0.2) is 0 Å². The summed E-state index contributed by atoms with van der Waals surface area (Å²) in [6.45, 7) is 14.9. The molecule has 0 saturated carbocycles. The maximum absolute atomic E-state index is 14.3. The monoisotopic (exact) mass is 569 g/mol. The van der Waals surface area contributed by atoms with Crippen LogP contribution in [0.15, 0.2) is 25.3 Å². The predicted octanol–water partition coefficient (Wildman–Crippen LogP) is 3.07. The molecule has 3 saturated heterocycles. The summed E-state index contributed by atoms with van der Waals surface area (Å²) in [5.74, 6) is -1.21. The van der Waals surface area contributed by atoms with Gasteiger partial charge in [-0.15, -0.1) is 24.9 Å². The Kier molecular flexibility index (Phi) is 8.86. The molecule has 6 atom stereocenters. The van der Waals surface area contributed by atoms with Crippen molar-refractivity contribution in [1.29, 1.82) is 0 Å². The van der Waals surface area contributed by atoms with Crippen LogP contribution in [0.1, 0.15) is 46.5 Å². The van der Waals surface area contributed by atoms with E-state index in [2.05, 4.69) is 29.1 Å². The molecule has 0 aromatic heterocycles. The molecule has 196 valence electrons. The summed E-state index contributed by atoms with van der Waals surface area (Å²) in [5, 5.41) is 9.14. The van der Waals surface area contributed by atoms with Gasteiger partial charge in [0.2, 0.25) is 17.7 Å². The van der Waals surface area contributed by atoms with Crippen molar-refractivity contribution in [3.05, 3.63) is 25.3 Å². The average molecular weight is 571 g/mol. The number of carbonyl (C=O) groups is 3. The summed E-state index contributed by atoms with van der Waals surface area (Å²) >= 11 is 5.48. The number of likely N-dealkylation sites (tertiary alicyclic amines) is 1. The topological polar surface area (TPSA) is 81.2 Å². The van der Waals surface area contributed by atoms with Crippen LogP contribution >= 0.6 is 27.7 Å². The van der Waals surface area contributed by atoms with Gasteiger partial charge in [-0.2, -0.15) is 0 Å². The maximum atomic E-state index is 14.3. The normalized spacial score (nSPS) is 31.4. The number of carbonyl (C=O) groups excluding carboxylic acids is 3. The lowest BCUT2D eigenvalue weighted by molar-refractivity contribution is -0.146. The molecule has 0 radical (unpaired) electrons. The number of amides is 3. The lowest BCUT2D eigenvalue weighted by atomic mass is 9.70. The van der Waals surface area contributed by atoms with E-state index in [1.54, 1.807) is 40.8 Å². The Hall–Kier alpha value is -1.32. The second-order valence-corrected chi connectivity index (χ2v) is 13.6. The minimum absolute atomic E-state index is 0.0507. The molecule has 1 N–H and O–H groups in total. The van der Waals surface area contributed by atoms with Crippen LogP contribution in [0, 0.1) is 11.8 Å². The molecule has 3 rings (SSSR count). The first-order valence-electron chi connectivity index (χ1n) is 12.5. The van der Waals surface area contributed by atoms with E-state index in [0.29, 0.717) is 38.9 Å². The van der Waals surface area contributed by atoms with Crippen molar-refractivity contribution in [2.75, 3.05) is 33.3 Å². The standard InChI is InChI=1S/C26H40BrN3O4S/c1-7-12-28(6)22(32)18-19-23(33)29(14-10-9-11-15-31)21(26(19)16-17(27)20(18)35-26)24(34)30(13-8-2)25(3,4)5/h7-8,17-21,31H,1-2,9-16H2,3-6H3/t17?,18-,19+,20-,21?,26?/m1/s1. The lowest BCUT2D eigenvalue weighted by Gasteiger charge is -2.42. The summed E-state index contributed by atoms with van der Waals surface area (Å²) in [5.41, 5.74) is -0.444. The Morgan fingerprint density at radius 2 is 1.86 bits per heavy atom. The number of hydrogen-bond acceptors (Lipinski definition) is 5. The van der Waals surface area contributed by atoms with Crippen molar-refractivity contribution in [1.82, 2.24) is 14.7 Å². The Labute approximate surface area is 222 Å². The third-order valence-electron chi connectivity index (χ3n) is 7.53. The van der Waals surface area contributed by atoms with Crippen LogP contribution in [-0.2, 0) is 14.4 Å². The molecule has 3 fully saturated rings. The van der Waals surface area contributed by atoms with Gasteiger partial charge in [0, 0.05) is 48.9 Å².